The Labute approximate surface area is 108 Å². The normalized spacial score (nSPS) is 25.8. The van der Waals surface area contributed by atoms with Crippen LogP contribution >= 0.6 is 0 Å². The highest BCUT2D eigenvalue weighted by molar-refractivity contribution is 6.08. The molecule has 0 bridgehead atoms. The minimum atomic E-state index is -0.968. The van der Waals surface area contributed by atoms with Gasteiger partial charge in [-0.3, -0.25) is 20.0 Å². The monoisotopic (exact) mass is 263 g/mol. The molecule has 1 spiro atoms. The molecule has 1 aromatic heterocycles. The van der Waals surface area contributed by atoms with Gasteiger partial charge >= 0.3 is 6.03 Å². The zero-order chi connectivity index (χ0) is 13.6. The van der Waals surface area contributed by atoms with E-state index in [0.717, 1.165) is 0 Å². The van der Waals surface area contributed by atoms with E-state index >= 15 is 0 Å². The van der Waals surface area contributed by atoms with Gasteiger partial charge in [0.2, 0.25) is 0 Å². The Morgan fingerprint density at radius 2 is 2.26 bits per heavy atom. The highest BCUT2D eigenvalue weighted by Gasteiger charge is 2.51. The van der Waals surface area contributed by atoms with Crippen molar-refractivity contribution in [1.29, 1.82) is 0 Å². The van der Waals surface area contributed by atoms with Gasteiger partial charge in [-0.1, -0.05) is 0 Å². The highest BCUT2D eigenvalue weighted by atomic mass is 16.2. The van der Waals surface area contributed by atoms with Crippen molar-refractivity contribution in [2.24, 2.45) is 0 Å². The highest BCUT2D eigenvalue weighted by Crippen LogP contribution is 2.26. The summed E-state index contributed by atoms with van der Waals surface area (Å²) in [5.74, 6) is -0.547. The summed E-state index contributed by atoms with van der Waals surface area (Å²) >= 11 is 0. The van der Waals surface area contributed by atoms with Gasteiger partial charge in [-0.15, -0.1) is 0 Å². The third-order valence-corrected chi connectivity index (χ3v) is 3.63. The molecular weight excluding hydrogens is 250 g/mol. The van der Waals surface area contributed by atoms with Crippen molar-refractivity contribution in [3.63, 3.8) is 0 Å². The molecule has 8 nitrogen and oxygen atoms in total. The zero-order valence-corrected chi connectivity index (χ0v) is 10.3. The number of carbonyl (C=O) groups is 3. The fraction of sp³-hybridized carbons (Fsp3) is 0.455. The van der Waals surface area contributed by atoms with Crippen molar-refractivity contribution >= 4 is 17.8 Å². The maximum atomic E-state index is 12.3. The Morgan fingerprint density at radius 1 is 1.47 bits per heavy atom. The Kier molecular flexibility index (Phi) is 2.34. The first-order valence-electron chi connectivity index (χ1n) is 5.95. The summed E-state index contributed by atoms with van der Waals surface area (Å²) in [5, 5.41) is 11.3. The van der Waals surface area contributed by atoms with E-state index in [2.05, 4.69) is 20.8 Å². The topological polar surface area (TPSA) is 107 Å². The zero-order valence-electron chi connectivity index (χ0n) is 10.3. The number of nitrogens with one attached hydrogen (secondary N) is 3. The third kappa shape index (κ3) is 1.67. The summed E-state index contributed by atoms with van der Waals surface area (Å²) in [5.41, 5.74) is 0.206. The number of hydrogen-bond acceptors (Lipinski definition) is 4. The van der Waals surface area contributed by atoms with Crippen LogP contribution in [0.25, 0.3) is 0 Å². The number of amides is 4. The Bertz CT molecular complexity index is 581. The van der Waals surface area contributed by atoms with Crippen molar-refractivity contribution < 1.29 is 14.4 Å². The van der Waals surface area contributed by atoms with E-state index < -0.39 is 11.6 Å². The lowest BCUT2D eigenvalue weighted by molar-refractivity contribution is -0.123. The molecule has 8 heteroatoms. The van der Waals surface area contributed by atoms with E-state index in [0.29, 0.717) is 24.2 Å². The van der Waals surface area contributed by atoms with Crippen LogP contribution in [0.15, 0.2) is 6.20 Å². The van der Waals surface area contributed by atoms with Crippen LogP contribution in [0.2, 0.25) is 0 Å². The van der Waals surface area contributed by atoms with Crippen LogP contribution in [0.5, 0.6) is 0 Å². The Morgan fingerprint density at radius 3 is 2.84 bits per heavy atom. The molecule has 2 aliphatic rings. The number of urea groups is 1. The first-order chi connectivity index (χ1) is 9.02. The molecule has 19 heavy (non-hydrogen) atoms. The number of aromatic nitrogens is 2. The molecule has 2 aliphatic heterocycles. The summed E-state index contributed by atoms with van der Waals surface area (Å²) in [6, 6.07) is -0.501. The lowest BCUT2D eigenvalue weighted by atomic mass is 9.99. The second kappa shape index (κ2) is 3.81. The second-order valence-corrected chi connectivity index (χ2v) is 4.88. The molecule has 3 rings (SSSR count). The fourth-order valence-corrected chi connectivity index (χ4v) is 2.54. The van der Waals surface area contributed by atoms with E-state index in [1.54, 1.807) is 11.8 Å². The van der Waals surface area contributed by atoms with Crippen LogP contribution in [0, 0.1) is 6.92 Å². The molecule has 100 valence electrons. The van der Waals surface area contributed by atoms with Crippen LogP contribution in [-0.2, 0) is 4.79 Å². The molecule has 0 saturated carbocycles. The van der Waals surface area contributed by atoms with E-state index in [4.69, 9.17) is 0 Å². The van der Waals surface area contributed by atoms with Gasteiger partial charge in [-0.2, -0.15) is 5.10 Å². The molecule has 1 unspecified atom stereocenters. The van der Waals surface area contributed by atoms with Gasteiger partial charge in [-0.25, -0.2) is 4.79 Å². The molecule has 0 aliphatic carbocycles. The summed E-state index contributed by atoms with van der Waals surface area (Å²) in [6.07, 6.45) is 1.89. The van der Waals surface area contributed by atoms with Gasteiger partial charge in [0.15, 0.2) is 0 Å². The van der Waals surface area contributed by atoms with Crippen molar-refractivity contribution in [2.45, 2.75) is 18.9 Å². The minimum Gasteiger partial charge on any atom is -0.336 e. The molecule has 3 heterocycles. The van der Waals surface area contributed by atoms with Gasteiger partial charge in [-0.05, 0) is 13.3 Å². The van der Waals surface area contributed by atoms with E-state index in [1.165, 1.54) is 6.20 Å². The number of nitrogens with zero attached hydrogens (tertiary/aromatic N) is 2. The first-order valence-corrected chi connectivity index (χ1v) is 5.95. The molecule has 2 saturated heterocycles. The minimum absolute atomic E-state index is 0.183. The number of rotatable bonds is 1. The molecule has 0 radical (unpaired) electrons. The largest absolute Gasteiger partial charge is 0.336 e. The van der Waals surface area contributed by atoms with Crippen LogP contribution in [0.4, 0.5) is 4.79 Å². The standard InChI is InChI=1S/C11H13N5O3/c1-6-7(4-12-15-6)8(17)16-3-2-11(5-16)9(18)13-10(19)14-11/h4H,2-3,5H2,1H3,(H,12,15)(H2,13,14,18,19). The summed E-state index contributed by atoms with van der Waals surface area (Å²) in [7, 11) is 0. The number of imide groups is 1. The van der Waals surface area contributed by atoms with E-state index in [-0.39, 0.29) is 18.4 Å². The molecule has 1 aromatic rings. The maximum absolute atomic E-state index is 12.3. The fourth-order valence-electron chi connectivity index (χ4n) is 2.54. The number of likely N-dealkylation sites (tertiary alicyclic amines) is 1. The molecule has 4 amide bonds. The first kappa shape index (κ1) is 11.7. The van der Waals surface area contributed by atoms with E-state index in [1.807, 2.05) is 0 Å². The van der Waals surface area contributed by atoms with Crippen LogP contribution in [-0.4, -0.2) is 51.6 Å². The van der Waals surface area contributed by atoms with Crippen LogP contribution in [0.3, 0.4) is 0 Å². The Hall–Kier alpha value is -2.38. The maximum Gasteiger partial charge on any atom is 0.322 e. The van der Waals surface area contributed by atoms with Crippen molar-refractivity contribution in [3.8, 4) is 0 Å². The van der Waals surface area contributed by atoms with E-state index in [9.17, 15) is 14.4 Å². The molecule has 1 atom stereocenters. The number of aromatic amines is 1. The lowest BCUT2D eigenvalue weighted by Crippen LogP contribution is -2.49. The van der Waals surface area contributed by atoms with Crippen molar-refractivity contribution in [3.05, 3.63) is 17.5 Å². The third-order valence-electron chi connectivity index (χ3n) is 3.63. The average molecular weight is 263 g/mol. The number of aryl methyl sites for hydroxylation is 1. The van der Waals surface area contributed by atoms with Gasteiger partial charge < -0.3 is 10.2 Å². The smallest absolute Gasteiger partial charge is 0.322 e. The predicted molar refractivity (Wildman–Crippen MR) is 63.3 cm³/mol. The number of carbonyl (C=O) groups excluding carboxylic acids is 3. The molecule has 3 N–H and O–H groups in total. The van der Waals surface area contributed by atoms with Gasteiger partial charge in [0.25, 0.3) is 11.8 Å². The molecule has 2 fully saturated rings. The second-order valence-electron chi connectivity index (χ2n) is 4.88. The SMILES string of the molecule is Cc1[nH]ncc1C(=O)N1CCC2(C1)NC(=O)NC2=O. The summed E-state index contributed by atoms with van der Waals surface area (Å²) in [4.78, 5) is 36.8. The Balaban J connectivity index is 1.80. The van der Waals surface area contributed by atoms with Gasteiger partial charge in [0.05, 0.1) is 18.3 Å². The summed E-state index contributed by atoms with van der Waals surface area (Å²) < 4.78 is 0. The summed E-state index contributed by atoms with van der Waals surface area (Å²) in [6.45, 7) is 2.38. The average Bonchev–Trinajstić information content (AvgIpc) is 3.01. The number of H-pyrrole nitrogens is 1. The lowest BCUT2D eigenvalue weighted by Gasteiger charge is -2.20. The van der Waals surface area contributed by atoms with Gasteiger partial charge in [0.1, 0.15) is 5.54 Å². The predicted octanol–water partition coefficient (Wildman–Crippen LogP) is -0.858. The molecule has 0 aromatic carbocycles. The quantitative estimate of drug-likeness (QED) is 0.573. The van der Waals surface area contributed by atoms with Crippen LogP contribution in [0.1, 0.15) is 22.5 Å². The van der Waals surface area contributed by atoms with Gasteiger partial charge in [0, 0.05) is 12.2 Å². The number of hydrogen-bond donors (Lipinski definition) is 3. The van der Waals surface area contributed by atoms with Crippen LogP contribution < -0.4 is 10.6 Å². The van der Waals surface area contributed by atoms with Crippen molar-refractivity contribution in [1.82, 2.24) is 25.7 Å². The molecular formula is C11H13N5O3. The van der Waals surface area contributed by atoms with Crippen molar-refractivity contribution in [2.75, 3.05) is 13.1 Å².